The van der Waals surface area contributed by atoms with Crippen molar-refractivity contribution in [2.75, 3.05) is 0 Å². The number of rotatable bonds is 2. The van der Waals surface area contributed by atoms with Gasteiger partial charge in [0, 0.05) is 15.0 Å². The van der Waals surface area contributed by atoms with Crippen LogP contribution in [0.3, 0.4) is 0 Å². The van der Waals surface area contributed by atoms with Crippen LogP contribution in [0.15, 0.2) is 39.6 Å². The molecule has 0 radical (unpaired) electrons. The second-order valence-corrected chi connectivity index (χ2v) is 6.07. The Kier molecular flexibility index (Phi) is 4.57. The van der Waals surface area contributed by atoms with E-state index in [0.29, 0.717) is 0 Å². The monoisotopic (exact) mass is 260 g/mol. The lowest BCUT2D eigenvalue weighted by atomic mass is 9.97. The van der Waals surface area contributed by atoms with Crippen LogP contribution in [0.1, 0.15) is 20.8 Å². The molecule has 0 fully saturated rings. The van der Waals surface area contributed by atoms with Crippen LogP contribution >= 0.6 is 35.0 Å². The molecule has 1 rings (SSSR count). The molecule has 0 atom stereocenters. The molecule has 0 aliphatic carbocycles. The smallest absolute Gasteiger partial charge is 0.0406 e. The van der Waals surface area contributed by atoms with Gasteiger partial charge in [0.05, 0.1) is 0 Å². The van der Waals surface area contributed by atoms with Crippen LogP contribution in [0.4, 0.5) is 0 Å². The lowest BCUT2D eigenvalue weighted by molar-refractivity contribution is 0.532. The highest BCUT2D eigenvalue weighted by Crippen LogP contribution is 2.32. The molecule has 3 heteroatoms. The first-order valence-electron chi connectivity index (χ1n) is 4.68. The maximum Gasteiger partial charge on any atom is 0.0406 e. The fraction of sp³-hybridized carbons (Fsp3) is 0.333. The lowest BCUT2D eigenvalue weighted by Gasteiger charge is -2.16. The van der Waals surface area contributed by atoms with Gasteiger partial charge in [-0.15, -0.1) is 0 Å². The first-order valence-corrected chi connectivity index (χ1v) is 6.31. The van der Waals surface area contributed by atoms with Gasteiger partial charge in [-0.2, -0.15) is 0 Å². The minimum absolute atomic E-state index is 0.0149. The quantitative estimate of drug-likeness (QED) is 0.628. The summed E-state index contributed by atoms with van der Waals surface area (Å²) < 4.78 is 0. The van der Waals surface area contributed by atoms with E-state index < -0.39 is 0 Å². The summed E-state index contributed by atoms with van der Waals surface area (Å²) in [6, 6.07) is 7.72. The van der Waals surface area contributed by atoms with Crippen LogP contribution in [0, 0.1) is 5.41 Å². The second-order valence-electron chi connectivity index (χ2n) is 4.29. The summed E-state index contributed by atoms with van der Waals surface area (Å²) in [5, 5.41) is 3.60. The number of benzene rings is 1. The minimum atomic E-state index is 0.0149. The molecule has 82 valence electrons. The van der Waals surface area contributed by atoms with E-state index >= 15 is 0 Å². The number of allylic oxidation sites excluding steroid dienone is 1. The molecule has 0 amide bonds. The van der Waals surface area contributed by atoms with Gasteiger partial charge in [0.2, 0.25) is 0 Å². The van der Waals surface area contributed by atoms with Crippen LogP contribution < -0.4 is 0 Å². The predicted molar refractivity (Wildman–Crippen MR) is 70.7 cm³/mol. The molecular formula is C12H14Cl2S. The normalized spacial score (nSPS) is 13.0. The molecule has 0 spiro atoms. The van der Waals surface area contributed by atoms with Crippen molar-refractivity contribution in [3.05, 3.63) is 39.7 Å². The van der Waals surface area contributed by atoms with Crippen molar-refractivity contribution < 1.29 is 0 Å². The third-order valence-corrected chi connectivity index (χ3v) is 3.78. The summed E-state index contributed by atoms with van der Waals surface area (Å²) in [6.07, 6.45) is 0. The molecule has 0 saturated carbocycles. The maximum absolute atomic E-state index is 6.15. The van der Waals surface area contributed by atoms with Crippen LogP contribution in [0.2, 0.25) is 5.02 Å². The standard InChI is InChI=1S/C12H14Cl2S/c1-12(2,3)11(14)8-15-10-6-4-9(13)5-7-10/h4-8H,1-3H3/b11-8+. The highest BCUT2D eigenvalue weighted by atomic mass is 35.5. The average molecular weight is 261 g/mol. The second kappa shape index (κ2) is 5.29. The van der Waals surface area contributed by atoms with Gasteiger partial charge in [-0.1, -0.05) is 55.7 Å². The molecule has 0 N–H and O–H groups in total. The molecular weight excluding hydrogens is 247 g/mol. The van der Waals surface area contributed by atoms with E-state index in [9.17, 15) is 0 Å². The lowest BCUT2D eigenvalue weighted by Crippen LogP contribution is -2.03. The zero-order chi connectivity index (χ0) is 11.5. The molecule has 0 saturated heterocycles. The third-order valence-electron chi connectivity index (χ3n) is 1.83. The summed E-state index contributed by atoms with van der Waals surface area (Å²) >= 11 is 13.6. The molecule has 0 bridgehead atoms. The fourth-order valence-corrected chi connectivity index (χ4v) is 1.96. The Morgan fingerprint density at radius 2 is 1.73 bits per heavy atom. The SMILES string of the molecule is CC(C)(C)/C(Cl)=C\Sc1ccc(Cl)cc1. The fourth-order valence-electron chi connectivity index (χ4n) is 0.810. The van der Waals surface area contributed by atoms with Gasteiger partial charge < -0.3 is 0 Å². The van der Waals surface area contributed by atoms with Gasteiger partial charge in [0.15, 0.2) is 0 Å². The summed E-state index contributed by atoms with van der Waals surface area (Å²) in [6.45, 7) is 6.27. The molecule has 1 aromatic rings. The topological polar surface area (TPSA) is 0 Å². The highest BCUT2D eigenvalue weighted by molar-refractivity contribution is 8.02. The maximum atomic E-state index is 6.15. The summed E-state index contributed by atoms with van der Waals surface area (Å²) in [4.78, 5) is 1.14. The van der Waals surface area contributed by atoms with Crippen molar-refractivity contribution in [1.82, 2.24) is 0 Å². The van der Waals surface area contributed by atoms with Gasteiger partial charge in [0.1, 0.15) is 0 Å². The van der Waals surface area contributed by atoms with Crippen LogP contribution in [-0.2, 0) is 0 Å². The van der Waals surface area contributed by atoms with Crippen molar-refractivity contribution in [3.8, 4) is 0 Å². The van der Waals surface area contributed by atoms with Gasteiger partial charge in [0.25, 0.3) is 0 Å². The van der Waals surface area contributed by atoms with E-state index in [2.05, 4.69) is 20.8 Å². The van der Waals surface area contributed by atoms with Crippen molar-refractivity contribution in [2.24, 2.45) is 5.41 Å². The Morgan fingerprint density at radius 3 is 2.20 bits per heavy atom. The molecule has 15 heavy (non-hydrogen) atoms. The van der Waals surface area contributed by atoms with Crippen molar-refractivity contribution >= 4 is 35.0 Å². The first-order chi connectivity index (χ1) is 6.89. The van der Waals surface area contributed by atoms with Gasteiger partial charge >= 0.3 is 0 Å². The molecule has 1 aromatic carbocycles. The Bertz CT molecular complexity index is 347. The van der Waals surface area contributed by atoms with Crippen molar-refractivity contribution in [2.45, 2.75) is 25.7 Å². The van der Waals surface area contributed by atoms with E-state index in [0.717, 1.165) is 15.0 Å². The van der Waals surface area contributed by atoms with Gasteiger partial charge in [-0.05, 0) is 35.1 Å². The van der Waals surface area contributed by atoms with Crippen LogP contribution in [0.5, 0.6) is 0 Å². The number of thioether (sulfide) groups is 1. The first kappa shape index (κ1) is 13.0. The Morgan fingerprint density at radius 1 is 1.20 bits per heavy atom. The summed E-state index contributed by atoms with van der Waals surface area (Å²) in [5.41, 5.74) is 0.0149. The molecule has 0 heterocycles. The van der Waals surface area contributed by atoms with Crippen LogP contribution in [0.25, 0.3) is 0 Å². The van der Waals surface area contributed by atoms with Gasteiger partial charge in [-0.3, -0.25) is 0 Å². The zero-order valence-electron chi connectivity index (χ0n) is 9.05. The molecule has 0 aliphatic heterocycles. The van der Waals surface area contributed by atoms with E-state index in [4.69, 9.17) is 23.2 Å². The summed E-state index contributed by atoms with van der Waals surface area (Å²) in [7, 11) is 0. The van der Waals surface area contributed by atoms with E-state index in [1.807, 2.05) is 29.7 Å². The van der Waals surface area contributed by atoms with Crippen molar-refractivity contribution in [1.29, 1.82) is 0 Å². The number of hydrogen-bond donors (Lipinski definition) is 0. The summed E-state index contributed by atoms with van der Waals surface area (Å²) in [5.74, 6) is 0. The Labute approximate surface area is 106 Å². The molecule has 0 nitrogen and oxygen atoms in total. The predicted octanol–water partition coefficient (Wildman–Crippen LogP) is 5.56. The molecule has 0 aliphatic rings. The highest BCUT2D eigenvalue weighted by Gasteiger charge is 2.14. The Balaban J connectivity index is 2.68. The van der Waals surface area contributed by atoms with Crippen molar-refractivity contribution in [3.63, 3.8) is 0 Å². The van der Waals surface area contributed by atoms with E-state index in [1.165, 1.54) is 0 Å². The Hall–Kier alpha value is -0.110. The largest absolute Gasteiger partial charge is 0.0969 e. The molecule has 0 unspecified atom stereocenters. The van der Waals surface area contributed by atoms with Gasteiger partial charge in [-0.25, -0.2) is 0 Å². The molecule has 0 aromatic heterocycles. The van der Waals surface area contributed by atoms with Crippen LogP contribution in [-0.4, -0.2) is 0 Å². The average Bonchev–Trinajstić information content (AvgIpc) is 2.15. The minimum Gasteiger partial charge on any atom is -0.0969 e. The number of hydrogen-bond acceptors (Lipinski definition) is 1. The van der Waals surface area contributed by atoms with E-state index in [-0.39, 0.29) is 5.41 Å². The third kappa shape index (κ3) is 4.50. The number of halogens is 2. The van der Waals surface area contributed by atoms with E-state index in [1.54, 1.807) is 11.8 Å². The zero-order valence-corrected chi connectivity index (χ0v) is 11.4.